The van der Waals surface area contributed by atoms with Crippen molar-refractivity contribution in [3.05, 3.63) is 23.1 Å². The van der Waals surface area contributed by atoms with E-state index in [4.69, 9.17) is 4.74 Å². The van der Waals surface area contributed by atoms with Crippen LogP contribution in [-0.4, -0.2) is 12.1 Å². The van der Waals surface area contributed by atoms with Crippen LogP contribution in [0.3, 0.4) is 0 Å². The minimum absolute atomic E-state index is 0.418. The van der Waals surface area contributed by atoms with E-state index in [1.54, 1.807) is 0 Å². The third-order valence-corrected chi connectivity index (χ3v) is 2.45. The van der Waals surface area contributed by atoms with E-state index in [0.717, 1.165) is 24.0 Å². The predicted molar refractivity (Wildman–Crippen MR) is 47.5 cm³/mol. The smallest absolute Gasteiger partial charge is 0.218 e. The lowest BCUT2D eigenvalue weighted by atomic mass is 10.1. The van der Waals surface area contributed by atoms with E-state index in [2.05, 4.69) is 4.98 Å². The van der Waals surface area contributed by atoms with Gasteiger partial charge in [0, 0.05) is 5.56 Å². The van der Waals surface area contributed by atoms with E-state index in [9.17, 15) is 4.39 Å². The Kier molecular flexibility index (Phi) is 1.94. The molecule has 1 fully saturated rings. The van der Waals surface area contributed by atoms with Gasteiger partial charge in [0.15, 0.2) is 0 Å². The molecule has 0 amide bonds. The lowest BCUT2D eigenvalue weighted by Gasteiger charge is -2.08. The molecule has 2 rings (SSSR count). The number of hydrogen-bond acceptors (Lipinski definition) is 2. The number of methoxy groups -OCH3 is 1. The molecule has 0 spiro atoms. The number of aromatic nitrogens is 1. The van der Waals surface area contributed by atoms with Gasteiger partial charge in [0.25, 0.3) is 0 Å². The van der Waals surface area contributed by atoms with Crippen LogP contribution >= 0.6 is 0 Å². The molecule has 1 saturated carbocycles. The van der Waals surface area contributed by atoms with E-state index in [0.29, 0.717) is 11.8 Å². The van der Waals surface area contributed by atoms with Crippen molar-refractivity contribution < 1.29 is 9.13 Å². The normalized spacial score (nSPS) is 15.9. The molecule has 13 heavy (non-hydrogen) atoms. The number of ether oxygens (including phenoxy) is 1. The highest BCUT2D eigenvalue weighted by Crippen LogP contribution is 2.43. The van der Waals surface area contributed by atoms with E-state index in [-0.39, 0.29) is 0 Å². The number of nitrogens with zero attached hydrogens (tertiary/aromatic N) is 1. The van der Waals surface area contributed by atoms with Crippen LogP contribution in [0.25, 0.3) is 0 Å². The first kappa shape index (κ1) is 8.48. The van der Waals surface area contributed by atoms with Crippen LogP contribution in [0, 0.1) is 12.9 Å². The molecule has 0 atom stereocenters. The van der Waals surface area contributed by atoms with Crippen LogP contribution in [0.5, 0.6) is 5.88 Å². The van der Waals surface area contributed by atoms with Crippen molar-refractivity contribution in [2.45, 2.75) is 25.7 Å². The number of halogens is 1. The fourth-order valence-corrected chi connectivity index (χ4v) is 1.59. The zero-order valence-corrected chi connectivity index (χ0v) is 7.80. The topological polar surface area (TPSA) is 22.1 Å². The quantitative estimate of drug-likeness (QED) is 0.653. The predicted octanol–water partition coefficient (Wildman–Crippen LogP) is 2.42. The Labute approximate surface area is 76.7 Å². The maximum absolute atomic E-state index is 13.0. The maximum Gasteiger partial charge on any atom is 0.218 e. The third-order valence-electron chi connectivity index (χ3n) is 2.45. The Morgan fingerprint density at radius 1 is 1.54 bits per heavy atom. The first-order chi connectivity index (χ1) is 6.22. The van der Waals surface area contributed by atoms with Gasteiger partial charge in [-0.05, 0) is 37.3 Å². The van der Waals surface area contributed by atoms with Gasteiger partial charge in [0.2, 0.25) is 11.8 Å². The van der Waals surface area contributed by atoms with Crippen LogP contribution in [0.2, 0.25) is 0 Å². The minimum Gasteiger partial charge on any atom is -0.481 e. The molecule has 0 aliphatic heterocycles. The van der Waals surface area contributed by atoms with Crippen LogP contribution in [0.4, 0.5) is 4.39 Å². The molecule has 1 aromatic heterocycles. The third kappa shape index (κ3) is 1.50. The molecule has 2 nitrogen and oxygen atoms in total. The molecule has 0 saturated heterocycles. The Morgan fingerprint density at radius 3 is 2.77 bits per heavy atom. The van der Waals surface area contributed by atoms with E-state index in [1.165, 1.54) is 13.2 Å². The highest BCUT2D eigenvalue weighted by Gasteiger charge is 2.27. The molecule has 3 heteroatoms. The molecule has 1 aliphatic rings. The van der Waals surface area contributed by atoms with Crippen molar-refractivity contribution in [2.75, 3.05) is 7.11 Å². The summed E-state index contributed by atoms with van der Waals surface area (Å²) in [5.41, 5.74) is 2.04. The van der Waals surface area contributed by atoms with Gasteiger partial charge in [-0.1, -0.05) is 0 Å². The number of hydrogen-bond donors (Lipinski definition) is 0. The number of rotatable bonds is 2. The standard InChI is InChI=1S/C10H12FNO/c1-6-8(7-3-4-7)5-9(11)12-10(6)13-2/h5,7H,3-4H2,1-2H3. The molecule has 0 unspecified atom stereocenters. The summed E-state index contributed by atoms with van der Waals surface area (Å²) in [6, 6.07) is 1.52. The summed E-state index contributed by atoms with van der Waals surface area (Å²) in [4.78, 5) is 3.67. The Morgan fingerprint density at radius 2 is 2.23 bits per heavy atom. The van der Waals surface area contributed by atoms with Crippen LogP contribution in [0.1, 0.15) is 29.9 Å². The van der Waals surface area contributed by atoms with Crippen molar-refractivity contribution >= 4 is 0 Å². The lowest BCUT2D eigenvalue weighted by Crippen LogP contribution is -1.98. The molecular formula is C10H12FNO. The van der Waals surface area contributed by atoms with Gasteiger partial charge in [0.05, 0.1) is 7.11 Å². The fraction of sp³-hybridized carbons (Fsp3) is 0.500. The average molecular weight is 181 g/mol. The van der Waals surface area contributed by atoms with Gasteiger partial charge < -0.3 is 4.74 Å². The van der Waals surface area contributed by atoms with Gasteiger partial charge >= 0.3 is 0 Å². The van der Waals surface area contributed by atoms with Crippen molar-refractivity contribution in [1.29, 1.82) is 0 Å². The summed E-state index contributed by atoms with van der Waals surface area (Å²) in [6.07, 6.45) is 2.32. The van der Waals surface area contributed by atoms with Gasteiger partial charge in [0.1, 0.15) is 0 Å². The molecule has 0 N–H and O–H groups in total. The second-order valence-electron chi connectivity index (χ2n) is 3.44. The minimum atomic E-state index is -0.440. The monoisotopic (exact) mass is 181 g/mol. The second kappa shape index (κ2) is 2.98. The summed E-state index contributed by atoms with van der Waals surface area (Å²) < 4.78 is 18.0. The van der Waals surface area contributed by atoms with Gasteiger partial charge in [-0.2, -0.15) is 9.37 Å². The van der Waals surface area contributed by atoms with E-state index in [1.807, 2.05) is 6.92 Å². The number of pyridine rings is 1. The van der Waals surface area contributed by atoms with E-state index < -0.39 is 5.95 Å². The lowest BCUT2D eigenvalue weighted by molar-refractivity contribution is 0.383. The van der Waals surface area contributed by atoms with Crippen molar-refractivity contribution in [1.82, 2.24) is 4.98 Å². The van der Waals surface area contributed by atoms with Gasteiger partial charge in [-0.25, -0.2) is 0 Å². The fourth-order valence-electron chi connectivity index (χ4n) is 1.59. The molecule has 0 aromatic carbocycles. The van der Waals surface area contributed by atoms with Crippen molar-refractivity contribution in [2.24, 2.45) is 0 Å². The summed E-state index contributed by atoms with van der Waals surface area (Å²) >= 11 is 0. The molecule has 1 aromatic rings. The highest BCUT2D eigenvalue weighted by atomic mass is 19.1. The van der Waals surface area contributed by atoms with Gasteiger partial charge in [-0.15, -0.1) is 0 Å². The summed E-state index contributed by atoms with van der Waals surface area (Å²) in [5.74, 6) is 0.512. The van der Waals surface area contributed by atoms with E-state index >= 15 is 0 Å². The van der Waals surface area contributed by atoms with Crippen LogP contribution in [0.15, 0.2) is 6.07 Å². The molecule has 0 bridgehead atoms. The van der Waals surface area contributed by atoms with Crippen molar-refractivity contribution in [3.8, 4) is 5.88 Å². The second-order valence-corrected chi connectivity index (χ2v) is 3.44. The highest BCUT2D eigenvalue weighted by molar-refractivity contribution is 5.37. The summed E-state index contributed by atoms with van der Waals surface area (Å²) in [7, 11) is 1.52. The Balaban J connectivity index is 2.47. The summed E-state index contributed by atoms with van der Waals surface area (Å²) in [5, 5.41) is 0. The molecule has 1 heterocycles. The SMILES string of the molecule is COc1nc(F)cc(C2CC2)c1C. The van der Waals surface area contributed by atoms with Crippen LogP contribution < -0.4 is 4.74 Å². The Hall–Kier alpha value is -1.12. The molecular weight excluding hydrogens is 169 g/mol. The van der Waals surface area contributed by atoms with Gasteiger partial charge in [-0.3, -0.25) is 0 Å². The largest absolute Gasteiger partial charge is 0.481 e. The molecule has 70 valence electrons. The maximum atomic E-state index is 13.0. The Bertz CT molecular complexity index is 334. The molecule has 0 radical (unpaired) electrons. The first-order valence-electron chi connectivity index (χ1n) is 4.43. The zero-order valence-electron chi connectivity index (χ0n) is 7.80. The molecule has 1 aliphatic carbocycles. The zero-order chi connectivity index (χ0) is 9.42. The van der Waals surface area contributed by atoms with Crippen molar-refractivity contribution in [3.63, 3.8) is 0 Å². The summed E-state index contributed by atoms with van der Waals surface area (Å²) in [6.45, 7) is 1.93. The first-order valence-corrected chi connectivity index (χ1v) is 4.43. The average Bonchev–Trinajstić information content (AvgIpc) is 2.91. The van der Waals surface area contributed by atoms with Crippen LogP contribution in [-0.2, 0) is 0 Å².